The topological polar surface area (TPSA) is 23.6 Å². The molecular weight excluding hydrogens is 267 g/mol. The first-order chi connectivity index (χ1) is 10.1. The van der Waals surface area contributed by atoms with Crippen LogP contribution in [0.3, 0.4) is 0 Å². The molecule has 0 aliphatic carbocycles. The molecule has 0 saturated carbocycles. The van der Waals surface area contributed by atoms with E-state index in [0.717, 1.165) is 31.7 Å². The number of nitrogens with zero attached hydrogens (tertiary/aromatic N) is 2. The lowest BCUT2D eigenvalue weighted by Gasteiger charge is -2.37. The van der Waals surface area contributed by atoms with Crippen molar-refractivity contribution in [2.75, 3.05) is 32.7 Å². The van der Waals surface area contributed by atoms with Gasteiger partial charge in [0, 0.05) is 38.6 Å². The van der Waals surface area contributed by atoms with Gasteiger partial charge in [0.2, 0.25) is 0 Å². The van der Waals surface area contributed by atoms with Crippen molar-refractivity contribution in [2.45, 2.75) is 32.7 Å². The second-order valence-corrected chi connectivity index (χ2v) is 5.91. The first-order valence-electron chi connectivity index (χ1n) is 7.81. The molecule has 21 heavy (non-hydrogen) atoms. The molecule has 0 radical (unpaired) electrons. The highest BCUT2D eigenvalue weighted by atomic mass is 19.1. The van der Waals surface area contributed by atoms with Gasteiger partial charge in [0.15, 0.2) is 5.78 Å². The Hall–Kier alpha value is -1.26. The molecule has 1 aromatic rings. The van der Waals surface area contributed by atoms with Crippen molar-refractivity contribution in [1.82, 2.24) is 9.80 Å². The summed E-state index contributed by atoms with van der Waals surface area (Å²) in [4.78, 5) is 16.8. The molecule has 3 nitrogen and oxygen atoms in total. The van der Waals surface area contributed by atoms with E-state index < -0.39 is 0 Å². The van der Waals surface area contributed by atoms with Gasteiger partial charge in [-0.1, -0.05) is 19.1 Å². The van der Waals surface area contributed by atoms with Gasteiger partial charge >= 0.3 is 0 Å². The maximum atomic E-state index is 12.8. The smallest absolute Gasteiger partial charge is 0.151 e. The van der Waals surface area contributed by atoms with Crippen LogP contribution in [0.25, 0.3) is 0 Å². The molecule has 116 valence electrons. The molecule has 1 saturated heterocycles. The van der Waals surface area contributed by atoms with Crippen LogP contribution in [-0.4, -0.2) is 54.3 Å². The number of benzene rings is 1. The molecular formula is C17H25FN2O. The zero-order valence-electron chi connectivity index (χ0n) is 13.0. The maximum absolute atomic E-state index is 12.8. The van der Waals surface area contributed by atoms with Gasteiger partial charge in [0.1, 0.15) is 5.82 Å². The first-order valence-corrected chi connectivity index (χ1v) is 7.81. The van der Waals surface area contributed by atoms with Crippen molar-refractivity contribution in [2.24, 2.45) is 0 Å². The molecule has 4 heteroatoms. The van der Waals surface area contributed by atoms with Gasteiger partial charge in [0.05, 0.1) is 6.54 Å². The monoisotopic (exact) mass is 292 g/mol. The van der Waals surface area contributed by atoms with Crippen molar-refractivity contribution < 1.29 is 9.18 Å². The molecule has 0 spiro atoms. The summed E-state index contributed by atoms with van der Waals surface area (Å²) in [6.07, 6.45) is 1.56. The lowest BCUT2D eigenvalue weighted by Crippen LogP contribution is -2.50. The highest BCUT2D eigenvalue weighted by Gasteiger charge is 2.21. The molecule has 1 aliphatic rings. The molecule has 0 bridgehead atoms. The fraction of sp³-hybridized carbons (Fsp3) is 0.588. The highest BCUT2D eigenvalue weighted by molar-refractivity contribution is 5.82. The number of carbonyl (C=O) groups is 1. The van der Waals surface area contributed by atoms with Crippen molar-refractivity contribution in [3.05, 3.63) is 35.6 Å². The summed E-state index contributed by atoms with van der Waals surface area (Å²) in [7, 11) is 0. The minimum absolute atomic E-state index is 0.207. The summed E-state index contributed by atoms with van der Waals surface area (Å²) < 4.78 is 12.8. The SMILES string of the molecule is CCC(C)N1CCN(CC(=O)Cc2ccc(F)cc2)CC1. The summed E-state index contributed by atoms with van der Waals surface area (Å²) in [6.45, 7) is 8.97. The molecule has 1 atom stereocenters. The molecule has 2 rings (SSSR count). The fourth-order valence-electron chi connectivity index (χ4n) is 2.76. The Labute approximate surface area is 126 Å². The van der Waals surface area contributed by atoms with Gasteiger partial charge in [0.25, 0.3) is 0 Å². The average Bonchev–Trinajstić information content (AvgIpc) is 2.49. The molecule has 0 aromatic heterocycles. The summed E-state index contributed by atoms with van der Waals surface area (Å²) in [6, 6.07) is 6.82. The predicted molar refractivity (Wildman–Crippen MR) is 82.9 cm³/mol. The lowest BCUT2D eigenvalue weighted by molar-refractivity contribution is -0.120. The van der Waals surface area contributed by atoms with Crippen LogP contribution in [0.4, 0.5) is 4.39 Å². The van der Waals surface area contributed by atoms with Gasteiger partial charge in [-0.2, -0.15) is 0 Å². The molecule has 1 heterocycles. The van der Waals surface area contributed by atoms with Gasteiger partial charge in [-0.05, 0) is 31.0 Å². The Balaban J connectivity index is 1.75. The van der Waals surface area contributed by atoms with Gasteiger partial charge < -0.3 is 0 Å². The van der Waals surface area contributed by atoms with Crippen LogP contribution in [0.15, 0.2) is 24.3 Å². The van der Waals surface area contributed by atoms with Gasteiger partial charge in [-0.25, -0.2) is 4.39 Å². The molecule has 1 unspecified atom stereocenters. The van der Waals surface area contributed by atoms with Crippen LogP contribution in [0, 0.1) is 5.82 Å². The zero-order valence-corrected chi connectivity index (χ0v) is 13.0. The van der Waals surface area contributed by atoms with E-state index in [-0.39, 0.29) is 11.6 Å². The Morgan fingerprint density at radius 1 is 1.19 bits per heavy atom. The quantitative estimate of drug-likeness (QED) is 0.804. The second-order valence-electron chi connectivity index (χ2n) is 5.91. The van der Waals surface area contributed by atoms with Crippen LogP contribution in [0.2, 0.25) is 0 Å². The zero-order chi connectivity index (χ0) is 15.2. The summed E-state index contributed by atoms with van der Waals surface area (Å²) in [5, 5.41) is 0. The van der Waals surface area contributed by atoms with E-state index in [9.17, 15) is 9.18 Å². The van der Waals surface area contributed by atoms with Gasteiger partial charge in [-0.15, -0.1) is 0 Å². The van der Waals surface area contributed by atoms with Gasteiger partial charge in [-0.3, -0.25) is 14.6 Å². The standard InChI is InChI=1S/C17H25FN2O/c1-3-14(2)20-10-8-19(9-11-20)13-17(21)12-15-4-6-16(18)7-5-15/h4-7,14H,3,8-13H2,1-2H3. The van der Waals surface area contributed by atoms with Crippen molar-refractivity contribution in [1.29, 1.82) is 0 Å². The number of hydrogen-bond acceptors (Lipinski definition) is 3. The van der Waals surface area contributed by atoms with E-state index in [2.05, 4.69) is 23.6 Å². The Morgan fingerprint density at radius 2 is 1.81 bits per heavy atom. The maximum Gasteiger partial charge on any atom is 0.151 e. The van der Waals surface area contributed by atoms with Crippen LogP contribution < -0.4 is 0 Å². The van der Waals surface area contributed by atoms with E-state index in [4.69, 9.17) is 0 Å². The number of rotatable bonds is 6. The number of halogens is 1. The Bertz CT molecular complexity index is 452. The van der Waals surface area contributed by atoms with Crippen LogP contribution in [-0.2, 0) is 11.2 Å². The summed E-state index contributed by atoms with van der Waals surface area (Å²) in [5.74, 6) is -0.0500. The number of ketones is 1. The number of Topliss-reactive ketones (excluding diaryl/α,β-unsaturated/α-hetero) is 1. The number of hydrogen-bond donors (Lipinski definition) is 0. The predicted octanol–water partition coefficient (Wildman–Crippen LogP) is 2.35. The number of carbonyl (C=O) groups excluding carboxylic acids is 1. The minimum Gasteiger partial charge on any atom is -0.298 e. The molecule has 1 aromatic carbocycles. The second kappa shape index (κ2) is 7.66. The van der Waals surface area contributed by atoms with Crippen LogP contribution >= 0.6 is 0 Å². The fourth-order valence-corrected chi connectivity index (χ4v) is 2.76. The third kappa shape index (κ3) is 4.90. The Kier molecular flexibility index (Phi) is 5.88. The molecule has 0 N–H and O–H groups in total. The van der Waals surface area contributed by atoms with E-state index in [1.54, 1.807) is 12.1 Å². The van der Waals surface area contributed by atoms with Crippen LogP contribution in [0.1, 0.15) is 25.8 Å². The van der Waals surface area contributed by atoms with E-state index in [0.29, 0.717) is 19.0 Å². The van der Waals surface area contributed by atoms with E-state index >= 15 is 0 Å². The van der Waals surface area contributed by atoms with E-state index in [1.807, 2.05) is 0 Å². The first kappa shape index (κ1) is 16.1. The molecule has 1 fully saturated rings. The molecule has 0 amide bonds. The minimum atomic E-state index is -0.257. The summed E-state index contributed by atoms with van der Waals surface area (Å²) in [5.41, 5.74) is 0.889. The third-order valence-corrected chi connectivity index (χ3v) is 4.34. The Morgan fingerprint density at radius 3 is 2.38 bits per heavy atom. The third-order valence-electron chi connectivity index (χ3n) is 4.34. The van der Waals surface area contributed by atoms with Crippen molar-refractivity contribution in [3.8, 4) is 0 Å². The number of piperazine rings is 1. The van der Waals surface area contributed by atoms with Crippen LogP contribution in [0.5, 0.6) is 0 Å². The normalized spacial score (nSPS) is 18.6. The van der Waals surface area contributed by atoms with Crippen molar-refractivity contribution >= 4 is 5.78 Å². The largest absolute Gasteiger partial charge is 0.298 e. The van der Waals surface area contributed by atoms with Crippen molar-refractivity contribution in [3.63, 3.8) is 0 Å². The highest BCUT2D eigenvalue weighted by Crippen LogP contribution is 2.09. The average molecular weight is 292 g/mol. The lowest BCUT2D eigenvalue weighted by atomic mass is 10.1. The van der Waals surface area contributed by atoms with E-state index in [1.165, 1.54) is 18.6 Å². The summed E-state index contributed by atoms with van der Waals surface area (Å²) >= 11 is 0. The molecule has 1 aliphatic heterocycles.